The molecule has 34 heavy (non-hydrogen) atoms. The van der Waals surface area contributed by atoms with Crippen molar-refractivity contribution in [2.24, 2.45) is 0 Å². The van der Waals surface area contributed by atoms with Gasteiger partial charge in [-0.05, 0) is 50.4 Å². The Hall–Kier alpha value is -2.63. The minimum absolute atomic E-state index is 0.0341. The van der Waals surface area contributed by atoms with Gasteiger partial charge in [-0.2, -0.15) is 26.3 Å². The number of fused-ring (bicyclic) bond motifs is 1. The molecule has 1 aromatic carbocycles. The van der Waals surface area contributed by atoms with Crippen molar-refractivity contribution in [1.82, 2.24) is 19.7 Å². The lowest BCUT2D eigenvalue weighted by molar-refractivity contribution is -0.143. The van der Waals surface area contributed by atoms with Gasteiger partial charge in [-0.25, -0.2) is 0 Å². The maximum absolute atomic E-state index is 13.1. The van der Waals surface area contributed by atoms with Gasteiger partial charge >= 0.3 is 12.4 Å². The SMILES string of the molecule is O=C(CN1CCC[C@@H](c2nnc3n2CCCCC3)C1)Nc1cc(C(F)(F)F)cc(C(F)(F)F)c1. The van der Waals surface area contributed by atoms with Crippen LogP contribution in [0.5, 0.6) is 0 Å². The minimum atomic E-state index is -4.98. The summed E-state index contributed by atoms with van der Waals surface area (Å²) >= 11 is 0. The van der Waals surface area contributed by atoms with Crippen LogP contribution in [0.2, 0.25) is 0 Å². The number of aromatic nitrogens is 3. The average Bonchev–Trinajstić information content (AvgIpc) is 3.00. The van der Waals surface area contributed by atoms with Crippen molar-refractivity contribution in [3.8, 4) is 0 Å². The normalized spacial score (nSPS) is 20.0. The van der Waals surface area contributed by atoms with E-state index < -0.39 is 35.1 Å². The summed E-state index contributed by atoms with van der Waals surface area (Å²) in [6.07, 6.45) is -4.16. The number of aryl methyl sites for hydroxylation is 1. The van der Waals surface area contributed by atoms with E-state index in [9.17, 15) is 31.1 Å². The van der Waals surface area contributed by atoms with Crippen molar-refractivity contribution in [2.75, 3.05) is 25.0 Å². The third-order valence-electron chi connectivity index (χ3n) is 6.25. The van der Waals surface area contributed by atoms with Crippen LogP contribution >= 0.6 is 0 Å². The highest BCUT2D eigenvalue weighted by Crippen LogP contribution is 2.37. The molecule has 1 N–H and O–H groups in total. The topological polar surface area (TPSA) is 63.1 Å². The second-order valence-corrected chi connectivity index (χ2v) is 8.85. The summed E-state index contributed by atoms with van der Waals surface area (Å²) in [5.74, 6) is 1.24. The van der Waals surface area contributed by atoms with E-state index in [2.05, 4.69) is 20.1 Å². The van der Waals surface area contributed by atoms with Gasteiger partial charge in [-0.15, -0.1) is 10.2 Å². The van der Waals surface area contributed by atoms with Crippen LogP contribution in [0.25, 0.3) is 0 Å². The number of carbonyl (C=O) groups is 1. The van der Waals surface area contributed by atoms with Gasteiger partial charge in [0.25, 0.3) is 0 Å². The number of nitrogens with one attached hydrogen (secondary N) is 1. The number of alkyl halides is 6. The second kappa shape index (κ2) is 9.55. The van der Waals surface area contributed by atoms with Crippen molar-refractivity contribution in [3.63, 3.8) is 0 Å². The summed E-state index contributed by atoms with van der Waals surface area (Å²) in [6.45, 7) is 1.82. The number of hydrogen-bond acceptors (Lipinski definition) is 4. The van der Waals surface area contributed by atoms with Crippen LogP contribution in [0.4, 0.5) is 32.0 Å². The Morgan fingerprint density at radius 2 is 1.65 bits per heavy atom. The number of rotatable bonds is 4. The number of nitrogens with zero attached hydrogens (tertiary/aromatic N) is 4. The summed E-state index contributed by atoms with van der Waals surface area (Å²) in [5.41, 5.74) is -3.48. The summed E-state index contributed by atoms with van der Waals surface area (Å²) in [6, 6.07) is 1.06. The molecule has 12 heteroatoms. The molecule has 0 spiro atoms. The third kappa shape index (κ3) is 5.70. The number of halogens is 6. The van der Waals surface area contributed by atoms with E-state index in [-0.39, 0.29) is 18.5 Å². The molecule has 1 fully saturated rings. The van der Waals surface area contributed by atoms with E-state index in [1.54, 1.807) is 0 Å². The number of anilines is 1. The number of carbonyl (C=O) groups excluding carboxylic acids is 1. The van der Waals surface area contributed by atoms with E-state index in [1.165, 1.54) is 0 Å². The molecule has 4 rings (SSSR count). The quantitative estimate of drug-likeness (QED) is 0.624. The first-order chi connectivity index (χ1) is 16.0. The number of likely N-dealkylation sites (tertiary alicyclic amines) is 1. The molecule has 1 saturated heterocycles. The Morgan fingerprint density at radius 3 is 2.32 bits per heavy atom. The molecule has 1 amide bonds. The Balaban J connectivity index is 1.44. The fourth-order valence-electron chi connectivity index (χ4n) is 4.65. The molecule has 186 valence electrons. The van der Waals surface area contributed by atoms with E-state index in [0.717, 1.165) is 56.7 Å². The molecular formula is C22H25F6N5O. The fraction of sp³-hybridized carbons (Fsp3) is 0.591. The Bertz CT molecular complexity index is 1000. The number of benzene rings is 1. The van der Waals surface area contributed by atoms with Gasteiger partial charge in [0.05, 0.1) is 17.7 Å². The lowest BCUT2D eigenvalue weighted by atomic mass is 9.97. The molecule has 2 aliphatic rings. The molecular weight excluding hydrogens is 464 g/mol. The van der Waals surface area contributed by atoms with Gasteiger partial charge in [0.15, 0.2) is 0 Å². The van der Waals surface area contributed by atoms with E-state index in [0.29, 0.717) is 25.2 Å². The minimum Gasteiger partial charge on any atom is -0.325 e. The Kier molecular flexibility index (Phi) is 6.88. The average molecular weight is 489 g/mol. The Labute approximate surface area is 192 Å². The van der Waals surface area contributed by atoms with Crippen molar-refractivity contribution >= 4 is 11.6 Å². The Morgan fingerprint density at radius 1 is 0.941 bits per heavy atom. The lowest BCUT2D eigenvalue weighted by Crippen LogP contribution is -2.40. The highest BCUT2D eigenvalue weighted by Gasteiger charge is 2.37. The molecule has 1 atom stereocenters. The summed E-state index contributed by atoms with van der Waals surface area (Å²) in [7, 11) is 0. The fourth-order valence-corrected chi connectivity index (χ4v) is 4.65. The van der Waals surface area contributed by atoms with Crippen LogP contribution in [0.15, 0.2) is 18.2 Å². The van der Waals surface area contributed by atoms with Crippen molar-refractivity contribution in [2.45, 2.75) is 63.3 Å². The molecule has 0 radical (unpaired) electrons. The molecule has 3 heterocycles. The first kappa shape index (κ1) is 24.5. The number of hydrogen-bond donors (Lipinski definition) is 1. The highest BCUT2D eigenvalue weighted by molar-refractivity contribution is 5.92. The molecule has 0 unspecified atom stereocenters. The van der Waals surface area contributed by atoms with Gasteiger partial charge in [0.2, 0.25) is 5.91 Å². The summed E-state index contributed by atoms with van der Waals surface area (Å²) < 4.78 is 80.6. The van der Waals surface area contributed by atoms with E-state index in [1.807, 2.05) is 4.90 Å². The van der Waals surface area contributed by atoms with Crippen molar-refractivity contribution in [3.05, 3.63) is 41.0 Å². The van der Waals surface area contributed by atoms with Gasteiger partial charge < -0.3 is 9.88 Å². The zero-order valence-corrected chi connectivity index (χ0v) is 18.3. The number of amides is 1. The zero-order chi connectivity index (χ0) is 24.5. The molecule has 2 aromatic rings. The predicted molar refractivity (Wildman–Crippen MR) is 111 cm³/mol. The molecule has 0 saturated carbocycles. The smallest absolute Gasteiger partial charge is 0.325 e. The van der Waals surface area contributed by atoms with Crippen LogP contribution < -0.4 is 5.32 Å². The first-order valence-corrected chi connectivity index (χ1v) is 11.2. The predicted octanol–water partition coefficient (Wildman–Crippen LogP) is 4.86. The summed E-state index contributed by atoms with van der Waals surface area (Å²) in [5, 5.41) is 10.9. The van der Waals surface area contributed by atoms with E-state index in [4.69, 9.17) is 0 Å². The van der Waals surface area contributed by atoms with Gasteiger partial charge in [0.1, 0.15) is 11.6 Å². The standard InChI is InChI=1S/C22H25F6N5O/c23-21(24,25)15-9-16(22(26,27)28)11-17(10-15)29-19(34)13-32-7-4-5-14(12-32)20-31-30-18-6-2-1-3-8-33(18)20/h9-11,14H,1-8,12-13H2,(H,29,34)/t14-/m1/s1. The van der Waals surface area contributed by atoms with Crippen LogP contribution in [0.1, 0.15) is 60.8 Å². The second-order valence-electron chi connectivity index (χ2n) is 8.85. The molecule has 0 aliphatic carbocycles. The first-order valence-electron chi connectivity index (χ1n) is 11.2. The van der Waals surface area contributed by atoms with Crippen molar-refractivity contribution < 1.29 is 31.1 Å². The van der Waals surface area contributed by atoms with Crippen LogP contribution in [-0.2, 0) is 30.1 Å². The molecule has 6 nitrogen and oxygen atoms in total. The molecule has 2 aliphatic heterocycles. The zero-order valence-electron chi connectivity index (χ0n) is 18.3. The van der Waals surface area contributed by atoms with Crippen molar-refractivity contribution in [1.29, 1.82) is 0 Å². The lowest BCUT2D eigenvalue weighted by Gasteiger charge is -2.32. The van der Waals surface area contributed by atoms with Gasteiger partial charge in [0, 0.05) is 31.1 Å². The number of piperidine rings is 1. The highest BCUT2D eigenvalue weighted by atomic mass is 19.4. The largest absolute Gasteiger partial charge is 0.416 e. The van der Waals surface area contributed by atoms with Crippen LogP contribution in [-0.4, -0.2) is 45.2 Å². The van der Waals surface area contributed by atoms with Crippen LogP contribution in [0.3, 0.4) is 0 Å². The van der Waals surface area contributed by atoms with Crippen LogP contribution in [0, 0.1) is 0 Å². The van der Waals surface area contributed by atoms with Gasteiger partial charge in [-0.1, -0.05) is 6.42 Å². The monoisotopic (exact) mass is 489 g/mol. The van der Waals surface area contributed by atoms with Gasteiger partial charge in [-0.3, -0.25) is 9.69 Å². The maximum atomic E-state index is 13.1. The summed E-state index contributed by atoms with van der Waals surface area (Å²) in [4.78, 5) is 14.4. The third-order valence-corrected chi connectivity index (χ3v) is 6.25. The molecule has 1 aromatic heterocycles. The maximum Gasteiger partial charge on any atom is 0.416 e. The van der Waals surface area contributed by atoms with E-state index >= 15 is 0 Å². The molecule has 0 bridgehead atoms.